The Morgan fingerprint density at radius 1 is 1.32 bits per heavy atom. The van der Waals surface area contributed by atoms with Gasteiger partial charge in [0.05, 0.1) is 12.1 Å². The largest absolute Gasteiger partial charge is 0.481 e. The molecule has 2 amide bonds. The topological polar surface area (TPSA) is 116 Å². The third-order valence-corrected chi connectivity index (χ3v) is 5.02. The van der Waals surface area contributed by atoms with Crippen molar-refractivity contribution in [2.24, 2.45) is 5.92 Å². The normalized spacial score (nSPS) is 28.9. The molecule has 2 aliphatic rings. The highest BCUT2D eigenvalue weighted by molar-refractivity contribution is 8.00. The van der Waals surface area contributed by atoms with Crippen molar-refractivity contribution in [3.63, 3.8) is 0 Å². The Morgan fingerprint density at radius 3 is 2.63 bits per heavy atom. The Labute approximate surface area is 114 Å². The van der Waals surface area contributed by atoms with Gasteiger partial charge in [-0.05, 0) is 12.8 Å². The Kier molecular flexibility index (Phi) is 4.18. The van der Waals surface area contributed by atoms with E-state index in [-0.39, 0.29) is 29.8 Å². The fourth-order valence-corrected chi connectivity index (χ4v) is 4.06. The second-order valence-corrected chi connectivity index (χ2v) is 6.05. The van der Waals surface area contributed by atoms with E-state index in [0.29, 0.717) is 12.8 Å². The second-order valence-electron chi connectivity index (χ2n) is 4.78. The lowest BCUT2D eigenvalue weighted by Crippen LogP contribution is -2.37. The minimum absolute atomic E-state index is 0.0746. The molecule has 0 aromatic carbocycles. The lowest BCUT2D eigenvalue weighted by Gasteiger charge is -2.17. The number of nitrogens with one attached hydrogen (secondary N) is 2. The van der Waals surface area contributed by atoms with Crippen LogP contribution in [0.3, 0.4) is 0 Å². The number of carboxylic acid groups (broad SMARTS) is 2. The molecule has 2 aliphatic heterocycles. The molecule has 2 saturated heterocycles. The quantitative estimate of drug-likeness (QED) is 0.407. The first-order valence-corrected chi connectivity index (χ1v) is 7.18. The highest BCUT2D eigenvalue weighted by Crippen LogP contribution is 2.33. The van der Waals surface area contributed by atoms with Gasteiger partial charge in [0.1, 0.15) is 0 Å². The van der Waals surface area contributed by atoms with E-state index in [2.05, 4.69) is 10.6 Å². The SMILES string of the molecule is O=C1N[C@@H]2[C@H](CCCC(C(=O)O)C(=O)O)SC[C@H]2N1. The molecule has 0 aromatic heterocycles. The van der Waals surface area contributed by atoms with Gasteiger partial charge in [-0.2, -0.15) is 11.8 Å². The van der Waals surface area contributed by atoms with Crippen LogP contribution >= 0.6 is 11.8 Å². The van der Waals surface area contributed by atoms with Crippen molar-refractivity contribution in [3.05, 3.63) is 0 Å². The zero-order chi connectivity index (χ0) is 14.0. The van der Waals surface area contributed by atoms with Gasteiger partial charge in [-0.3, -0.25) is 9.59 Å². The molecular formula is C11H16N2O5S. The zero-order valence-corrected chi connectivity index (χ0v) is 11.0. The summed E-state index contributed by atoms with van der Waals surface area (Å²) in [5, 5.41) is 23.4. The van der Waals surface area contributed by atoms with E-state index in [1.54, 1.807) is 11.8 Å². The van der Waals surface area contributed by atoms with Gasteiger partial charge < -0.3 is 20.8 Å². The predicted octanol–water partition coefficient (Wildman–Crippen LogP) is 0.108. The van der Waals surface area contributed by atoms with E-state index in [0.717, 1.165) is 5.75 Å². The van der Waals surface area contributed by atoms with Crippen molar-refractivity contribution >= 4 is 29.7 Å². The van der Waals surface area contributed by atoms with E-state index < -0.39 is 17.9 Å². The zero-order valence-electron chi connectivity index (χ0n) is 10.2. The molecule has 0 aromatic rings. The molecule has 2 rings (SSSR count). The average molecular weight is 288 g/mol. The minimum Gasteiger partial charge on any atom is -0.481 e. The van der Waals surface area contributed by atoms with E-state index in [1.165, 1.54) is 0 Å². The number of thioether (sulfide) groups is 1. The number of urea groups is 1. The van der Waals surface area contributed by atoms with E-state index in [9.17, 15) is 14.4 Å². The lowest BCUT2D eigenvalue weighted by molar-refractivity contribution is -0.154. The fraction of sp³-hybridized carbons (Fsp3) is 0.727. The number of carboxylic acids is 2. The Hall–Kier alpha value is -1.44. The van der Waals surface area contributed by atoms with Crippen LogP contribution in [0.2, 0.25) is 0 Å². The highest BCUT2D eigenvalue weighted by Gasteiger charge is 2.42. The molecule has 0 unspecified atom stereocenters. The van der Waals surface area contributed by atoms with Crippen LogP contribution in [-0.2, 0) is 9.59 Å². The van der Waals surface area contributed by atoms with Crippen molar-refractivity contribution in [1.29, 1.82) is 0 Å². The van der Waals surface area contributed by atoms with Gasteiger partial charge in [0.2, 0.25) is 0 Å². The van der Waals surface area contributed by atoms with Crippen LogP contribution < -0.4 is 10.6 Å². The first kappa shape index (κ1) is 14.0. The minimum atomic E-state index is -1.33. The van der Waals surface area contributed by atoms with Crippen molar-refractivity contribution in [2.75, 3.05) is 5.75 Å². The number of hydrogen-bond donors (Lipinski definition) is 4. The molecule has 3 atom stereocenters. The van der Waals surface area contributed by atoms with Crippen LogP contribution in [0.15, 0.2) is 0 Å². The van der Waals surface area contributed by atoms with Gasteiger partial charge in [0, 0.05) is 11.0 Å². The molecule has 7 nitrogen and oxygen atoms in total. The summed E-state index contributed by atoms with van der Waals surface area (Å²) in [6, 6.07) is 0.0529. The summed E-state index contributed by atoms with van der Waals surface area (Å²) >= 11 is 1.73. The molecular weight excluding hydrogens is 272 g/mol. The third kappa shape index (κ3) is 3.12. The monoisotopic (exact) mass is 288 g/mol. The van der Waals surface area contributed by atoms with Crippen LogP contribution in [0.25, 0.3) is 0 Å². The van der Waals surface area contributed by atoms with Gasteiger partial charge in [0.25, 0.3) is 0 Å². The standard InChI is InChI=1S/C11H16N2O5S/c14-9(15)5(10(16)17)2-1-3-7-8-6(4-19-7)12-11(18)13-8/h5-8H,1-4H2,(H,14,15)(H,16,17)(H2,12,13,18)/t6-,7+,8+/m1/s1. The Balaban J connectivity index is 1.78. The summed E-state index contributed by atoms with van der Waals surface area (Å²) in [6.45, 7) is 0. The number of carbonyl (C=O) groups is 3. The molecule has 0 spiro atoms. The van der Waals surface area contributed by atoms with Gasteiger partial charge in [-0.15, -0.1) is 0 Å². The van der Waals surface area contributed by atoms with Crippen molar-refractivity contribution < 1.29 is 24.6 Å². The van der Waals surface area contributed by atoms with Crippen molar-refractivity contribution in [1.82, 2.24) is 10.6 Å². The molecule has 8 heteroatoms. The van der Waals surface area contributed by atoms with E-state index in [1.807, 2.05) is 0 Å². The van der Waals surface area contributed by atoms with Crippen LogP contribution in [-0.4, -0.2) is 51.3 Å². The number of hydrogen-bond acceptors (Lipinski definition) is 4. The Bertz CT molecular complexity index is 389. The first-order valence-electron chi connectivity index (χ1n) is 6.13. The van der Waals surface area contributed by atoms with E-state index in [4.69, 9.17) is 10.2 Å². The predicted molar refractivity (Wildman–Crippen MR) is 68.1 cm³/mol. The molecule has 0 radical (unpaired) electrons. The maximum Gasteiger partial charge on any atom is 0.317 e. The van der Waals surface area contributed by atoms with E-state index >= 15 is 0 Å². The Morgan fingerprint density at radius 2 is 2.00 bits per heavy atom. The highest BCUT2D eigenvalue weighted by atomic mass is 32.2. The summed E-state index contributed by atoms with van der Waals surface area (Å²) in [4.78, 5) is 32.7. The van der Waals surface area contributed by atoms with Crippen molar-refractivity contribution in [3.8, 4) is 0 Å². The van der Waals surface area contributed by atoms with Crippen LogP contribution in [0.1, 0.15) is 19.3 Å². The summed E-state index contributed by atoms with van der Waals surface area (Å²) in [5.41, 5.74) is 0. The first-order chi connectivity index (χ1) is 8.99. The summed E-state index contributed by atoms with van der Waals surface area (Å²) in [5.74, 6) is -3.07. The molecule has 0 saturated carbocycles. The summed E-state index contributed by atoms with van der Waals surface area (Å²) in [7, 11) is 0. The maximum absolute atomic E-state index is 11.2. The van der Waals surface area contributed by atoms with Crippen molar-refractivity contribution in [2.45, 2.75) is 36.6 Å². The number of aliphatic carboxylic acids is 2. The third-order valence-electron chi connectivity index (χ3n) is 3.52. The van der Waals surface area contributed by atoms with Crippen LogP contribution in [0, 0.1) is 5.92 Å². The summed E-state index contributed by atoms with van der Waals surface area (Å²) < 4.78 is 0. The number of amides is 2. The smallest absolute Gasteiger partial charge is 0.317 e. The average Bonchev–Trinajstić information content (AvgIpc) is 2.83. The molecule has 0 aliphatic carbocycles. The summed E-state index contributed by atoms with van der Waals surface area (Å²) in [6.07, 6.45) is 1.37. The molecule has 2 fully saturated rings. The second kappa shape index (κ2) is 5.68. The van der Waals surface area contributed by atoms with Crippen LogP contribution in [0.5, 0.6) is 0 Å². The molecule has 0 bridgehead atoms. The number of carbonyl (C=O) groups excluding carboxylic acids is 1. The molecule has 2 heterocycles. The number of fused-ring (bicyclic) bond motifs is 1. The fourth-order valence-electron chi connectivity index (χ4n) is 2.52. The molecule has 19 heavy (non-hydrogen) atoms. The van der Waals surface area contributed by atoms with Crippen LogP contribution in [0.4, 0.5) is 4.79 Å². The van der Waals surface area contributed by atoms with Gasteiger partial charge in [0.15, 0.2) is 5.92 Å². The van der Waals surface area contributed by atoms with Gasteiger partial charge in [-0.1, -0.05) is 6.42 Å². The molecule has 4 N–H and O–H groups in total. The maximum atomic E-state index is 11.2. The molecule has 106 valence electrons. The van der Waals surface area contributed by atoms with Gasteiger partial charge >= 0.3 is 18.0 Å². The van der Waals surface area contributed by atoms with Gasteiger partial charge in [-0.25, -0.2) is 4.79 Å². The number of rotatable bonds is 6. The lowest BCUT2D eigenvalue weighted by atomic mass is 9.98.